The third-order valence-electron chi connectivity index (χ3n) is 5.50. The Bertz CT molecular complexity index is 1510. The molecular formula is C26H22F4N8O. The number of benzene rings is 2. The van der Waals surface area contributed by atoms with E-state index < -0.39 is 29.3 Å². The molecule has 4 rings (SSSR count). The lowest BCUT2D eigenvalue weighted by Gasteiger charge is -2.14. The van der Waals surface area contributed by atoms with Crippen molar-refractivity contribution in [2.75, 3.05) is 16.1 Å². The van der Waals surface area contributed by atoms with Crippen LogP contribution in [0.15, 0.2) is 73.6 Å². The monoisotopic (exact) mass is 538 g/mol. The number of hydrogen-bond acceptors (Lipinski definition) is 8. The van der Waals surface area contributed by atoms with E-state index in [1.54, 1.807) is 24.4 Å². The second-order valence-electron chi connectivity index (χ2n) is 8.25. The standard InChI is InChI=1S/C26H22F4N8O/c1-14(31)20-10-17(12-34-23(20)38-32)16-4-2-15(3-5-16)11-33-24-22(37-21(13-35-24)26(28,29)30)25(39)36-19-8-6-18(27)7-9-19/h2-10,12-13H,1,11,31-32H2,(H,33,35)(H,34,38)(H,36,39). The maximum absolute atomic E-state index is 13.3. The molecule has 0 radical (unpaired) electrons. The molecule has 0 bridgehead atoms. The van der Waals surface area contributed by atoms with Crippen LogP contribution in [-0.4, -0.2) is 20.9 Å². The summed E-state index contributed by atoms with van der Waals surface area (Å²) in [6, 6.07) is 13.7. The summed E-state index contributed by atoms with van der Waals surface area (Å²) in [4.78, 5) is 24.3. The number of anilines is 3. The van der Waals surface area contributed by atoms with Crippen LogP contribution in [0.2, 0.25) is 0 Å². The van der Waals surface area contributed by atoms with Crippen LogP contribution in [0.3, 0.4) is 0 Å². The van der Waals surface area contributed by atoms with Gasteiger partial charge in [-0.25, -0.2) is 25.2 Å². The van der Waals surface area contributed by atoms with Gasteiger partial charge in [0.15, 0.2) is 17.2 Å². The van der Waals surface area contributed by atoms with Crippen LogP contribution < -0.4 is 27.6 Å². The number of halogens is 4. The normalized spacial score (nSPS) is 11.1. The smallest absolute Gasteiger partial charge is 0.399 e. The number of aromatic nitrogens is 3. The van der Waals surface area contributed by atoms with E-state index in [4.69, 9.17) is 11.6 Å². The number of amides is 1. The summed E-state index contributed by atoms with van der Waals surface area (Å²) < 4.78 is 52.9. The summed E-state index contributed by atoms with van der Waals surface area (Å²) >= 11 is 0. The molecule has 13 heteroatoms. The molecule has 0 spiro atoms. The summed E-state index contributed by atoms with van der Waals surface area (Å²) in [6.45, 7) is 3.84. The lowest BCUT2D eigenvalue weighted by Crippen LogP contribution is -2.21. The topological polar surface area (TPSA) is 144 Å². The Kier molecular flexibility index (Phi) is 7.72. The molecule has 0 aliphatic heterocycles. The van der Waals surface area contributed by atoms with E-state index in [9.17, 15) is 22.4 Å². The molecule has 7 N–H and O–H groups in total. The van der Waals surface area contributed by atoms with Gasteiger partial charge in [0.2, 0.25) is 0 Å². The summed E-state index contributed by atoms with van der Waals surface area (Å²) in [7, 11) is 0. The number of nitrogen functional groups attached to an aromatic ring is 1. The summed E-state index contributed by atoms with van der Waals surface area (Å²) in [5, 5.41) is 5.26. The van der Waals surface area contributed by atoms with E-state index in [0.29, 0.717) is 17.6 Å². The minimum Gasteiger partial charge on any atom is -0.399 e. The molecule has 9 nitrogen and oxygen atoms in total. The molecule has 200 valence electrons. The Morgan fingerprint density at radius 3 is 2.23 bits per heavy atom. The van der Waals surface area contributed by atoms with Gasteiger partial charge in [0.25, 0.3) is 5.91 Å². The van der Waals surface area contributed by atoms with Crippen LogP contribution in [-0.2, 0) is 12.7 Å². The lowest BCUT2D eigenvalue weighted by molar-refractivity contribution is -0.141. The average molecular weight is 539 g/mol. The molecule has 0 saturated heterocycles. The van der Waals surface area contributed by atoms with Crippen molar-refractivity contribution >= 4 is 28.9 Å². The van der Waals surface area contributed by atoms with Crippen LogP contribution in [0.1, 0.15) is 27.3 Å². The van der Waals surface area contributed by atoms with Gasteiger partial charge in [0, 0.05) is 35.3 Å². The summed E-state index contributed by atoms with van der Waals surface area (Å²) in [6.07, 6.45) is -2.66. The van der Waals surface area contributed by atoms with Crippen molar-refractivity contribution in [2.45, 2.75) is 12.7 Å². The fourth-order valence-electron chi connectivity index (χ4n) is 3.52. The van der Waals surface area contributed by atoms with E-state index in [1.807, 2.05) is 12.1 Å². The van der Waals surface area contributed by atoms with Crippen molar-refractivity contribution in [1.82, 2.24) is 15.0 Å². The third kappa shape index (κ3) is 6.45. The lowest BCUT2D eigenvalue weighted by atomic mass is 10.0. The highest BCUT2D eigenvalue weighted by atomic mass is 19.4. The Morgan fingerprint density at radius 2 is 1.62 bits per heavy atom. The SMILES string of the molecule is C=C(N)c1cc(-c2ccc(CNc3ncc(C(F)(F)F)nc3C(=O)Nc3ccc(F)cc3)cc2)cnc1NN. The minimum atomic E-state index is -4.81. The maximum Gasteiger partial charge on any atom is 0.434 e. The zero-order valence-electron chi connectivity index (χ0n) is 20.2. The number of nitrogens with zero attached hydrogens (tertiary/aromatic N) is 3. The molecule has 2 aromatic carbocycles. The predicted octanol–water partition coefficient (Wildman–Crippen LogP) is 4.78. The average Bonchev–Trinajstić information content (AvgIpc) is 2.92. The maximum atomic E-state index is 13.3. The van der Waals surface area contributed by atoms with Crippen molar-refractivity contribution in [3.05, 3.63) is 102 Å². The highest BCUT2D eigenvalue weighted by Crippen LogP contribution is 2.29. The number of nitrogens with one attached hydrogen (secondary N) is 3. The molecule has 2 heterocycles. The van der Waals surface area contributed by atoms with Crippen LogP contribution in [0.25, 0.3) is 16.8 Å². The second kappa shape index (κ2) is 11.1. The molecule has 0 aliphatic rings. The van der Waals surface area contributed by atoms with Crippen molar-refractivity contribution < 1.29 is 22.4 Å². The van der Waals surface area contributed by atoms with Gasteiger partial charge in [-0.3, -0.25) is 4.79 Å². The van der Waals surface area contributed by atoms with E-state index in [-0.39, 0.29) is 23.7 Å². The predicted molar refractivity (Wildman–Crippen MR) is 139 cm³/mol. The number of rotatable bonds is 8. The highest BCUT2D eigenvalue weighted by molar-refractivity contribution is 6.06. The number of pyridine rings is 1. The number of alkyl halides is 3. The van der Waals surface area contributed by atoms with Crippen molar-refractivity contribution in [1.29, 1.82) is 0 Å². The first-order chi connectivity index (χ1) is 18.5. The molecule has 2 aromatic heterocycles. The first-order valence-corrected chi connectivity index (χ1v) is 11.3. The van der Waals surface area contributed by atoms with Crippen molar-refractivity contribution in [3.8, 4) is 11.1 Å². The van der Waals surface area contributed by atoms with E-state index in [1.165, 1.54) is 12.1 Å². The van der Waals surface area contributed by atoms with E-state index in [0.717, 1.165) is 28.8 Å². The third-order valence-corrected chi connectivity index (χ3v) is 5.50. The summed E-state index contributed by atoms with van der Waals surface area (Å²) in [5.41, 5.74) is 9.69. The van der Waals surface area contributed by atoms with Crippen molar-refractivity contribution in [2.24, 2.45) is 11.6 Å². The van der Waals surface area contributed by atoms with Gasteiger partial charge in [-0.15, -0.1) is 0 Å². The highest BCUT2D eigenvalue weighted by Gasteiger charge is 2.34. The quantitative estimate of drug-likeness (QED) is 0.123. The minimum absolute atomic E-state index is 0.121. The van der Waals surface area contributed by atoms with Gasteiger partial charge in [-0.1, -0.05) is 30.8 Å². The second-order valence-corrected chi connectivity index (χ2v) is 8.25. The van der Waals surface area contributed by atoms with Crippen LogP contribution in [0, 0.1) is 5.82 Å². The molecule has 39 heavy (non-hydrogen) atoms. The van der Waals surface area contributed by atoms with Gasteiger partial charge in [-0.2, -0.15) is 13.2 Å². The molecule has 4 aromatic rings. The Morgan fingerprint density at radius 1 is 0.949 bits per heavy atom. The van der Waals surface area contributed by atoms with Gasteiger partial charge in [-0.05, 0) is 41.5 Å². The number of carbonyl (C=O) groups excluding carboxylic acids is 1. The van der Waals surface area contributed by atoms with Crippen LogP contribution in [0.4, 0.5) is 34.9 Å². The van der Waals surface area contributed by atoms with Gasteiger partial charge in [0.05, 0.1) is 6.20 Å². The zero-order valence-corrected chi connectivity index (χ0v) is 20.2. The molecule has 0 fully saturated rings. The fourth-order valence-corrected chi connectivity index (χ4v) is 3.52. The number of carbonyl (C=O) groups is 1. The van der Waals surface area contributed by atoms with Crippen molar-refractivity contribution in [3.63, 3.8) is 0 Å². The van der Waals surface area contributed by atoms with E-state index in [2.05, 4.69) is 37.6 Å². The first kappa shape index (κ1) is 27.0. The fraction of sp³-hybridized carbons (Fsp3) is 0.0769. The molecule has 0 atom stereocenters. The number of nitrogens with two attached hydrogens (primary N) is 2. The number of hydrogen-bond donors (Lipinski definition) is 5. The largest absolute Gasteiger partial charge is 0.434 e. The van der Waals surface area contributed by atoms with Crippen LogP contribution in [0.5, 0.6) is 0 Å². The van der Waals surface area contributed by atoms with Gasteiger partial charge in [0.1, 0.15) is 11.6 Å². The summed E-state index contributed by atoms with van der Waals surface area (Å²) in [5.74, 6) is 4.20. The molecule has 0 saturated carbocycles. The molecule has 0 unspecified atom stereocenters. The van der Waals surface area contributed by atoms with Crippen LogP contribution >= 0.6 is 0 Å². The van der Waals surface area contributed by atoms with Gasteiger partial charge >= 0.3 is 6.18 Å². The van der Waals surface area contributed by atoms with E-state index >= 15 is 0 Å². The molecule has 0 aliphatic carbocycles. The molecule has 1 amide bonds. The first-order valence-electron chi connectivity index (χ1n) is 11.3. The number of hydrazine groups is 1. The Balaban J connectivity index is 1.54. The Labute approximate surface area is 220 Å². The Hall–Kier alpha value is -5.04. The zero-order chi connectivity index (χ0) is 28.2. The molecular weight excluding hydrogens is 516 g/mol. The van der Waals surface area contributed by atoms with Gasteiger partial charge < -0.3 is 21.8 Å².